The van der Waals surface area contributed by atoms with Crippen molar-refractivity contribution in [2.45, 2.75) is 31.3 Å². The Hall–Kier alpha value is -3.49. The van der Waals surface area contributed by atoms with E-state index in [0.717, 1.165) is 29.0 Å². The highest BCUT2D eigenvalue weighted by atomic mass is 32.2. The predicted molar refractivity (Wildman–Crippen MR) is 128 cm³/mol. The maximum absolute atomic E-state index is 12.7. The van der Waals surface area contributed by atoms with E-state index in [0.29, 0.717) is 18.5 Å². The van der Waals surface area contributed by atoms with Crippen molar-refractivity contribution in [3.05, 3.63) is 95.8 Å². The van der Waals surface area contributed by atoms with Crippen LogP contribution in [0.1, 0.15) is 28.7 Å². The van der Waals surface area contributed by atoms with Gasteiger partial charge in [-0.15, -0.1) is 0 Å². The lowest BCUT2D eigenvalue weighted by Gasteiger charge is -2.10. The minimum absolute atomic E-state index is 0.0545. The zero-order chi connectivity index (χ0) is 23.3. The van der Waals surface area contributed by atoms with Crippen molar-refractivity contribution in [2.24, 2.45) is 0 Å². The molecule has 0 aliphatic carbocycles. The van der Waals surface area contributed by atoms with Crippen LogP contribution in [0.2, 0.25) is 0 Å². The molecule has 0 aliphatic rings. The number of hydrogen-bond acceptors (Lipinski definition) is 4. The molecular formula is C25H26N4O3S. The quantitative estimate of drug-likeness (QED) is 0.398. The van der Waals surface area contributed by atoms with Crippen LogP contribution < -0.4 is 10.0 Å². The second kappa shape index (κ2) is 9.97. The van der Waals surface area contributed by atoms with Crippen LogP contribution in [0.5, 0.6) is 0 Å². The molecule has 1 heterocycles. The van der Waals surface area contributed by atoms with E-state index in [2.05, 4.69) is 26.5 Å². The number of sulfonamides is 1. The number of rotatable bonds is 9. The first-order valence-electron chi connectivity index (χ1n) is 10.8. The molecule has 4 aromatic rings. The Balaban J connectivity index is 1.40. The molecule has 8 heteroatoms. The number of carbonyl (C=O) groups is 1. The molecule has 1 aromatic heterocycles. The van der Waals surface area contributed by atoms with E-state index in [-0.39, 0.29) is 17.3 Å². The number of aromatic nitrogens is 2. The zero-order valence-electron chi connectivity index (χ0n) is 18.4. The second-order valence-corrected chi connectivity index (χ2v) is 9.37. The molecule has 1 amide bonds. The lowest BCUT2D eigenvalue weighted by molar-refractivity contribution is 0.0953. The fourth-order valence-electron chi connectivity index (χ4n) is 3.72. The van der Waals surface area contributed by atoms with Crippen molar-refractivity contribution in [1.82, 2.24) is 19.6 Å². The van der Waals surface area contributed by atoms with Crippen LogP contribution in [-0.2, 0) is 29.5 Å². The molecule has 2 N–H and O–H groups in total. The lowest BCUT2D eigenvalue weighted by atomic mass is 10.2. The molecule has 0 atom stereocenters. The van der Waals surface area contributed by atoms with Gasteiger partial charge < -0.3 is 9.88 Å². The van der Waals surface area contributed by atoms with E-state index < -0.39 is 10.0 Å². The average molecular weight is 463 g/mol. The van der Waals surface area contributed by atoms with Gasteiger partial charge in [0, 0.05) is 31.6 Å². The third-order valence-corrected chi connectivity index (χ3v) is 6.80. The van der Waals surface area contributed by atoms with Gasteiger partial charge in [0.25, 0.3) is 5.91 Å². The smallest absolute Gasteiger partial charge is 0.251 e. The summed E-state index contributed by atoms with van der Waals surface area (Å²) in [7, 11) is -3.75. The second-order valence-electron chi connectivity index (χ2n) is 7.60. The molecule has 4 rings (SSSR count). The van der Waals surface area contributed by atoms with Crippen LogP contribution >= 0.6 is 0 Å². The Labute approximate surface area is 193 Å². The van der Waals surface area contributed by atoms with Crippen molar-refractivity contribution in [1.29, 1.82) is 0 Å². The van der Waals surface area contributed by atoms with Crippen molar-refractivity contribution >= 4 is 27.0 Å². The Kier molecular flexibility index (Phi) is 6.86. The number of imidazole rings is 1. The van der Waals surface area contributed by atoms with Gasteiger partial charge in [-0.05, 0) is 42.8 Å². The summed E-state index contributed by atoms with van der Waals surface area (Å²) < 4.78 is 30.1. The average Bonchev–Trinajstić information content (AvgIpc) is 3.21. The van der Waals surface area contributed by atoms with Crippen molar-refractivity contribution < 1.29 is 13.2 Å². The molecule has 0 bridgehead atoms. The highest BCUT2D eigenvalue weighted by molar-refractivity contribution is 7.89. The highest BCUT2D eigenvalue weighted by Crippen LogP contribution is 2.16. The minimum Gasteiger partial charge on any atom is -0.352 e. The van der Waals surface area contributed by atoms with Crippen LogP contribution in [-0.4, -0.2) is 30.4 Å². The molecule has 0 saturated carbocycles. The normalized spacial score (nSPS) is 11.5. The Morgan fingerprint density at radius 1 is 0.970 bits per heavy atom. The summed E-state index contributed by atoms with van der Waals surface area (Å²) >= 11 is 0. The molecule has 0 fully saturated rings. The summed E-state index contributed by atoms with van der Waals surface area (Å²) in [5.41, 5.74) is 3.15. The van der Waals surface area contributed by atoms with E-state index in [1.54, 1.807) is 12.1 Å². The van der Waals surface area contributed by atoms with Gasteiger partial charge >= 0.3 is 0 Å². The first kappa shape index (κ1) is 22.7. The van der Waals surface area contributed by atoms with Crippen LogP contribution in [0.4, 0.5) is 0 Å². The third-order valence-electron chi connectivity index (χ3n) is 5.40. The maximum atomic E-state index is 12.7. The number of carbonyl (C=O) groups excluding carboxylic acids is 1. The van der Waals surface area contributed by atoms with Gasteiger partial charge in [-0.3, -0.25) is 4.79 Å². The number of nitrogens with zero attached hydrogens (tertiary/aromatic N) is 2. The van der Waals surface area contributed by atoms with Gasteiger partial charge in [0.15, 0.2) is 0 Å². The van der Waals surface area contributed by atoms with Gasteiger partial charge in [0.1, 0.15) is 5.82 Å². The molecule has 0 saturated heterocycles. The van der Waals surface area contributed by atoms with Gasteiger partial charge in [-0.2, -0.15) is 0 Å². The monoisotopic (exact) mass is 462 g/mol. The standard InChI is InChI=1S/C25H26N4O3S/c1-2-29-23-14-7-6-13-22(23)28-24(29)15-16-26-25(30)20-11-8-12-21(17-20)33(31,32)27-18-19-9-4-3-5-10-19/h3-14,17,27H,2,15-16,18H2,1H3,(H,26,30). The SMILES string of the molecule is CCn1c(CCNC(=O)c2cccc(S(=O)(=O)NCc3ccccc3)c2)nc2ccccc21. The summed E-state index contributed by atoms with van der Waals surface area (Å²) in [4.78, 5) is 17.4. The van der Waals surface area contributed by atoms with Gasteiger partial charge in [-0.1, -0.05) is 48.5 Å². The van der Waals surface area contributed by atoms with E-state index in [1.807, 2.05) is 54.6 Å². The van der Waals surface area contributed by atoms with Crippen molar-refractivity contribution in [3.8, 4) is 0 Å². The largest absolute Gasteiger partial charge is 0.352 e. The van der Waals surface area contributed by atoms with Crippen LogP contribution in [0.15, 0.2) is 83.8 Å². The third kappa shape index (κ3) is 5.30. The van der Waals surface area contributed by atoms with Gasteiger partial charge in [-0.25, -0.2) is 18.1 Å². The Bertz CT molecular complexity index is 1360. The van der Waals surface area contributed by atoms with E-state index in [1.165, 1.54) is 12.1 Å². The maximum Gasteiger partial charge on any atom is 0.251 e. The number of benzene rings is 3. The summed E-state index contributed by atoms with van der Waals surface area (Å²) in [5.74, 6) is 0.578. The fraction of sp³-hybridized carbons (Fsp3) is 0.200. The molecular weight excluding hydrogens is 436 g/mol. The molecule has 170 valence electrons. The highest BCUT2D eigenvalue weighted by Gasteiger charge is 2.16. The Morgan fingerprint density at radius 3 is 2.52 bits per heavy atom. The van der Waals surface area contributed by atoms with Crippen molar-refractivity contribution in [3.63, 3.8) is 0 Å². The lowest BCUT2D eigenvalue weighted by Crippen LogP contribution is -2.27. The number of nitrogens with one attached hydrogen (secondary N) is 2. The summed E-state index contributed by atoms with van der Waals surface area (Å²) in [6.07, 6.45) is 0.574. The minimum atomic E-state index is -3.75. The molecule has 3 aromatic carbocycles. The van der Waals surface area contributed by atoms with E-state index >= 15 is 0 Å². The van der Waals surface area contributed by atoms with Gasteiger partial charge in [0.05, 0.1) is 15.9 Å². The van der Waals surface area contributed by atoms with Crippen LogP contribution in [0, 0.1) is 0 Å². The fourth-order valence-corrected chi connectivity index (χ4v) is 4.78. The molecule has 7 nitrogen and oxygen atoms in total. The van der Waals surface area contributed by atoms with E-state index in [9.17, 15) is 13.2 Å². The summed E-state index contributed by atoms with van der Waals surface area (Å²) in [5, 5.41) is 2.87. The topological polar surface area (TPSA) is 93.1 Å². The van der Waals surface area contributed by atoms with Crippen LogP contribution in [0.3, 0.4) is 0 Å². The van der Waals surface area contributed by atoms with Crippen molar-refractivity contribution in [2.75, 3.05) is 6.54 Å². The molecule has 33 heavy (non-hydrogen) atoms. The summed E-state index contributed by atoms with van der Waals surface area (Å²) in [6, 6.07) is 23.3. The molecule has 0 aliphatic heterocycles. The zero-order valence-corrected chi connectivity index (χ0v) is 19.2. The van der Waals surface area contributed by atoms with Crippen LogP contribution in [0.25, 0.3) is 11.0 Å². The number of aryl methyl sites for hydroxylation is 1. The van der Waals surface area contributed by atoms with Gasteiger partial charge in [0.2, 0.25) is 10.0 Å². The molecule has 0 unspecified atom stereocenters. The Morgan fingerprint density at radius 2 is 1.73 bits per heavy atom. The number of amides is 1. The summed E-state index contributed by atoms with van der Waals surface area (Å²) in [6.45, 7) is 3.43. The molecule has 0 spiro atoms. The number of hydrogen-bond donors (Lipinski definition) is 2. The first-order chi connectivity index (χ1) is 16.0. The predicted octanol–water partition coefficient (Wildman–Crippen LogP) is 3.51. The first-order valence-corrected chi connectivity index (χ1v) is 12.3. The number of fused-ring (bicyclic) bond motifs is 1. The number of para-hydroxylation sites is 2. The molecule has 0 radical (unpaired) electrons. The van der Waals surface area contributed by atoms with E-state index in [4.69, 9.17) is 0 Å².